The minimum Gasteiger partial charge on any atom is -0.396 e. The van der Waals surface area contributed by atoms with E-state index in [1.165, 1.54) is 18.1 Å². The first-order valence-corrected chi connectivity index (χ1v) is 10.1. The van der Waals surface area contributed by atoms with Gasteiger partial charge in [0.2, 0.25) is 0 Å². The van der Waals surface area contributed by atoms with Crippen LogP contribution in [0.15, 0.2) is 60.7 Å². The average molecular weight is 376 g/mol. The summed E-state index contributed by atoms with van der Waals surface area (Å²) in [6, 6.07) is 20.4. The Hall–Kier alpha value is -2.30. The van der Waals surface area contributed by atoms with Crippen molar-refractivity contribution in [3.63, 3.8) is 0 Å². The minimum absolute atomic E-state index is 0.0909. The fourth-order valence-corrected chi connectivity index (χ4v) is 5.50. The summed E-state index contributed by atoms with van der Waals surface area (Å²) in [6.45, 7) is 0.926. The highest BCUT2D eigenvalue weighted by atomic mass is 19.1. The van der Waals surface area contributed by atoms with Crippen LogP contribution in [-0.4, -0.2) is 33.7 Å². The lowest BCUT2D eigenvalue weighted by Gasteiger charge is -2.36. The van der Waals surface area contributed by atoms with Crippen molar-refractivity contribution < 1.29 is 9.50 Å². The maximum Gasteiger partial charge on any atom is 0.149 e. The molecule has 3 aromatic rings. The molecule has 2 fully saturated rings. The van der Waals surface area contributed by atoms with Gasteiger partial charge < -0.3 is 5.11 Å². The van der Waals surface area contributed by atoms with Gasteiger partial charge in [-0.2, -0.15) is 0 Å². The second-order valence-corrected chi connectivity index (χ2v) is 8.42. The van der Waals surface area contributed by atoms with Crippen molar-refractivity contribution in [2.24, 2.45) is 5.41 Å². The quantitative estimate of drug-likeness (QED) is 0.720. The summed E-state index contributed by atoms with van der Waals surface area (Å²) in [5.41, 5.74) is 2.55. The molecule has 1 aromatic heterocycles. The summed E-state index contributed by atoms with van der Waals surface area (Å²) < 4.78 is 14.2. The van der Waals surface area contributed by atoms with Crippen LogP contribution in [0.25, 0.3) is 10.9 Å². The summed E-state index contributed by atoms with van der Waals surface area (Å²) in [5, 5.41) is 11.2. The molecule has 2 bridgehead atoms. The van der Waals surface area contributed by atoms with Crippen molar-refractivity contribution in [3.8, 4) is 0 Å². The van der Waals surface area contributed by atoms with Crippen molar-refractivity contribution >= 4 is 10.9 Å². The van der Waals surface area contributed by atoms with Gasteiger partial charge in [-0.25, -0.2) is 9.37 Å². The number of hydrogen-bond donors (Lipinski definition) is 1. The third-order valence-electron chi connectivity index (χ3n) is 6.78. The Bertz CT molecular complexity index is 992. The van der Waals surface area contributed by atoms with E-state index < -0.39 is 0 Å². The molecule has 0 radical (unpaired) electrons. The van der Waals surface area contributed by atoms with E-state index in [9.17, 15) is 9.50 Å². The number of benzene rings is 2. The number of para-hydroxylation sites is 1. The van der Waals surface area contributed by atoms with Gasteiger partial charge >= 0.3 is 0 Å². The molecule has 0 amide bonds. The summed E-state index contributed by atoms with van der Waals surface area (Å²) >= 11 is 0. The molecule has 0 unspecified atom stereocenters. The number of pyridine rings is 1. The monoisotopic (exact) mass is 376 g/mol. The topological polar surface area (TPSA) is 36.4 Å². The number of halogens is 1. The molecule has 5 rings (SSSR count). The molecule has 4 heteroatoms. The van der Waals surface area contributed by atoms with Crippen molar-refractivity contribution in [1.82, 2.24) is 9.88 Å². The lowest BCUT2D eigenvalue weighted by atomic mass is 9.70. The van der Waals surface area contributed by atoms with Crippen LogP contribution < -0.4 is 0 Å². The number of rotatable bonds is 5. The molecule has 2 saturated heterocycles. The zero-order chi connectivity index (χ0) is 19.1. The van der Waals surface area contributed by atoms with E-state index in [1.54, 1.807) is 6.07 Å². The zero-order valence-electron chi connectivity index (χ0n) is 15.9. The molecule has 28 heavy (non-hydrogen) atoms. The number of aliphatic hydroxyl groups is 1. The van der Waals surface area contributed by atoms with Gasteiger partial charge in [-0.15, -0.1) is 0 Å². The van der Waals surface area contributed by atoms with E-state index in [4.69, 9.17) is 0 Å². The molecular formula is C24H25FN2O. The lowest BCUT2D eigenvalue weighted by molar-refractivity contribution is 0.0748. The van der Waals surface area contributed by atoms with Crippen LogP contribution >= 0.6 is 0 Å². The van der Waals surface area contributed by atoms with Crippen LogP contribution in [0.3, 0.4) is 0 Å². The SMILES string of the molecule is OC[C@]1(Cc2ccccc2)C[C@@H]2CC[C@H]1N2Cc1ccc2cccc(F)c2n1. The standard InChI is InChI=1S/C24H25FN2O/c25-21-8-4-7-18-9-10-19(26-23(18)21)15-27-20-11-12-22(27)24(14-20,16-28)13-17-5-2-1-3-6-17/h1-10,20,22,28H,11-16H2/t20-,22+,24-/m0/s1. The van der Waals surface area contributed by atoms with Gasteiger partial charge in [-0.05, 0) is 43.4 Å². The van der Waals surface area contributed by atoms with Crippen LogP contribution in [-0.2, 0) is 13.0 Å². The van der Waals surface area contributed by atoms with Gasteiger partial charge in [-0.3, -0.25) is 4.90 Å². The predicted molar refractivity (Wildman–Crippen MR) is 108 cm³/mol. The predicted octanol–water partition coefficient (Wildman–Crippen LogP) is 4.33. The molecular weight excluding hydrogens is 351 g/mol. The van der Waals surface area contributed by atoms with Gasteiger partial charge in [0.05, 0.1) is 12.3 Å². The van der Waals surface area contributed by atoms with Crippen LogP contribution in [0, 0.1) is 11.2 Å². The highest BCUT2D eigenvalue weighted by Crippen LogP contribution is 2.51. The summed E-state index contributed by atoms with van der Waals surface area (Å²) in [5.74, 6) is -0.266. The normalized spacial score (nSPS) is 26.9. The summed E-state index contributed by atoms with van der Waals surface area (Å²) in [6.07, 6.45) is 4.20. The molecule has 0 spiro atoms. The molecule has 3 atom stereocenters. The highest BCUT2D eigenvalue weighted by Gasteiger charge is 2.55. The minimum atomic E-state index is -0.266. The fraction of sp³-hybridized carbons (Fsp3) is 0.375. The number of aromatic nitrogens is 1. The second kappa shape index (κ2) is 6.94. The van der Waals surface area contributed by atoms with E-state index in [1.807, 2.05) is 24.3 Å². The molecule has 0 saturated carbocycles. The molecule has 0 aliphatic carbocycles. The Morgan fingerprint density at radius 2 is 1.89 bits per heavy atom. The third-order valence-corrected chi connectivity index (χ3v) is 6.78. The smallest absolute Gasteiger partial charge is 0.149 e. The first-order chi connectivity index (χ1) is 13.7. The van der Waals surface area contributed by atoms with Crippen LogP contribution in [0.2, 0.25) is 0 Å². The molecule has 3 heterocycles. The first kappa shape index (κ1) is 17.8. The fourth-order valence-electron chi connectivity index (χ4n) is 5.50. The number of fused-ring (bicyclic) bond motifs is 3. The molecule has 2 aromatic carbocycles. The summed E-state index contributed by atoms with van der Waals surface area (Å²) in [7, 11) is 0. The Morgan fingerprint density at radius 1 is 1.04 bits per heavy atom. The Kier molecular flexibility index (Phi) is 4.41. The lowest BCUT2D eigenvalue weighted by Crippen LogP contribution is -2.41. The number of nitrogens with zero attached hydrogens (tertiary/aromatic N) is 2. The van der Waals surface area contributed by atoms with Gasteiger partial charge in [-0.1, -0.05) is 48.5 Å². The van der Waals surface area contributed by atoms with Crippen molar-refractivity contribution in [2.45, 2.75) is 44.3 Å². The van der Waals surface area contributed by atoms with Crippen LogP contribution in [0.1, 0.15) is 30.5 Å². The second-order valence-electron chi connectivity index (χ2n) is 8.42. The van der Waals surface area contributed by atoms with Crippen molar-refractivity contribution in [2.75, 3.05) is 6.61 Å². The Balaban J connectivity index is 1.41. The average Bonchev–Trinajstić information content (AvgIpc) is 3.24. The zero-order valence-corrected chi connectivity index (χ0v) is 15.9. The highest BCUT2D eigenvalue weighted by molar-refractivity contribution is 5.79. The van der Waals surface area contributed by atoms with Crippen molar-refractivity contribution in [3.05, 3.63) is 77.7 Å². The number of aliphatic hydroxyl groups excluding tert-OH is 1. The maximum atomic E-state index is 14.2. The van der Waals surface area contributed by atoms with E-state index >= 15 is 0 Å². The van der Waals surface area contributed by atoms with E-state index in [0.717, 1.165) is 36.9 Å². The number of hydrogen-bond acceptors (Lipinski definition) is 3. The Morgan fingerprint density at radius 3 is 2.71 bits per heavy atom. The van der Waals surface area contributed by atoms with Crippen LogP contribution in [0.5, 0.6) is 0 Å². The maximum absolute atomic E-state index is 14.2. The van der Waals surface area contributed by atoms with Gasteiger partial charge in [0, 0.05) is 29.4 Å². The van der Waals surface area contributed by atoms with E-state index in [2.05, 4.69) is 34.1 Å². The molecule has 3 nitrogen and oxygen atoms in total. The van der Waals surface area contributed by atoms with Gasteiger partial charge in [0.15, 0.2) is 0 Å². The largest absolute Gasteiger partial charge is 0.396 e. The van der Waals surface area contributed by atoms with Crippen molar-refractivity contribution in [1.29, 1.82) is 0 Å². The van der Waals surface area contributed by atoms with E-state index in [-0.39, 0.29) is 17.8 Å². The third kappa shape index (κ3) is 2.92. The van der Waals surface area contributed by atoms with Gasteiger partial charge in [0.25, 0.3) is 0 Å². The van der Waals surface area contributed by atoms with Crippen LogP contribution in [0.4, 0.5) is 4.39 Å². The molecule has 2 aliphatic rings. The molecule has 2 aliphatic heterocycles. The van der Waals surface area contributed by atoms with Gasteiger partial charge in [0.1, 0.15) is 11.3 Å². The van der Waals surface area contributed by atoms with E-state index in [0.29, 0.717) is 17.6 Å². The first-order valence-electron chi connectivity index (χ1n) is 10.1. The Labute approximate surface area is 164 Å². The summed E-state index contributed by atoms with van der Waals surface area (Å²) in [4.78, 5) is 7.12. The molecule has 144 valence electrons. The molecule has 1 N–H and O–H groups in total.